The van der Waals surface area contributed by atoms with Gasteiger partial charge in [0, 0.05) is 38.6 Å². The van der Waals surface area contributed by atoms with E-state index in [1.54, 1.807) is 18.5 Å². The van der Waals surface area contributed by atoms with Gasteiger partial charge in [0.2, 0.25) is 0 Å². The normalized spacial score (nSPS) is 13.9. The molecule has 3 aromatic rings. The molecule has 0 atom stereocenters. The van der Waals surface area contributed by atoms with Crippen molar-refractivity contribution in [2.24, 2.45) is 0 Å². The van der Waals surface area contributed by atoms with Crippen LogP contribution in [0.2, 0.25) is 0 Å². The molecule has 0 saturated carbocycles. The number of pyridine rings is 2. The Bertz CT molecular complexity index is 1130. The molecule has 1 aromatic carbocycles. The lowest BCUT2D eigenvalue weighted by atomic mass is 10.0. The summed E-state index contributed by atoms with van der Waals surface area (Å²) in [7, 11) is 2.09. The predicted molar refractivity (Wildman–Crippen MR) is 128 cm³/mol. The molecule has 0 radical (unpaired) electrons. The monoisotopic (exact) mass is 445 g/mol. The molecule has 1 amide bonds. The van der Waals surface area contributed by atoms with Crippen molar-refractivity contribution in [2.45, 2.75) is 19.4 Å². The molecular formula is C26H28FN5O. The SMILES string of the molecule is CN1CC=C(c2ccc(C(=O)NCc3cccnc3)c(NCCc3cccc(F)c3)n2)CC1. The van der Waals surface area contributed by atoms with Crippen LogP contribution in [0.4, 0.5) is 10.2 Å². The van der Waals surface area contributed by atoms with E-state index >= 15 is 0 Å². The van der Waals surface area contributed by atoms with E-state index in [0.717, 1.165) is 36.3 Å². The zero-order valence-corrected chi connectivity index (χ0v) is 18.7. The molecule has 6 nitrogen and oxygen atoms in total. The van der Waals surface area contributed by atoms with Gasteiger partial charge in [0.25, 0.3) is 5.91 Å². The van der Waals surface area contributed by atoms with Crippen molar-refractivity contribution in [2.75, 3.05) is 32.0 Å². The Morgan fingerprint density at radius 3 is 2.79 bits per heavy atom. The first kappa shape index (κ1) is 22.6. The minimum atomic E-state index is -0.253. The summed E-state index contributed by atoms with van der Waals surface area (Å²) in [4.78, 5) is 24.1. The number of carbonyl (C=O) groups is 1. The maximum atomic E-state index is 13.5. The summed E-state index contributed by atoms with van der Waals surface area (Å²) in [5.41, 5.74) is 4.35. The molecule has 33 heavy (non-hydrogen) atoms. The van der Waals surface area contributed by atoms with Gasteiger partial charge in [-0.3, -0.25) is 9.78 Å². The Balaban J connectivity index is 1.51. The Hall–Kier alpha value is -3.58. The number of benzene rings is 1. The summed E-state index contributed by atoms with van der Waals surface area (Å²) in [6, 6.07) is 14.0. The number of nitrogens with zero attached hydrogens (tertiary/aromatic N) is 3. The summed E-state index contributed by atoms with van der Waals surface area (Å²) in [5.74, 6) is 0.0771. The largest absolute Gasteiger partial charge is 0.369 e. The lowest BCUT2D eigenvalue weighted by Crippen LogP contribution is -2.26. The van der Waals surface area contributed by atoms with E-state index in [9.17, 15) is 9.18 Å². The molecule has 0 aliphatic carbocycles. The Kier molecular flexibility index (Phi) is 7.42. The number of nitrogens with one attached hydrogen (secondary N) is 2. The maximum absolute atomic E-state index is 13.5. The van der Waals surface area contributed by atoms with Gasteiger partial charge in [-0.25, -0.2) is 9.37 Å². The van der Waals surface area contributed by atoms with Crippen LogP contribution in [0.5, 0.6) is 0 Å². The molecule has 0 saturated heterocycles. The lowest BCUT2D eigenvalue weighted by molar-refractivity contribution is 0.0951. The zero-order valence-electron chi connectivity index (χ0n) is 18.7. The fraction of sp³-hybridized carbons (Fsp3) is 0.269. The second kappa shape index (κ2) is 10.8. The van der Waals surface area contributed by atoms with Crippen molar-refractivity contribution in [3.05, 3.63) is 95.2 Å². The van der Waals surface area contributed by atoms with Gasteiger partial charge >= 0.3 is 0 Å². The minimum absolute atomic E-state index is 0.205. The number of hydrogen-bond acceptors (Lipinski definition) is 5. The van der Waals surface area contributed by atoms with Crippen LogP contribution in [-0.2, 0) is 13.0 Å². The fourth-order valence-corrected chi connectivity index (χ4v) is 3.76. The molecule has 3 heterocycles. The first-order valence-corrected chi connectivity index (χ1v) is 11.1. The third kappa shape index (κ3) is 6.23. The number of hydrogen-bond donors (Lipinski definition) is 2. The number of likely N-dealkylation sites (N-methyl/N-ethyl adjacent to an activating group) is 1. The molecule has 2 N–H and O–H groups in total. The molecule has 2 aromatic heterocycles. The van der Waals surface area contributed by atoms with Gasteiger partial charge in [-0.05, 0) is 66.9 Å². The van der Waals surface area contributed by atoms with Crippen molar-refractivity contribution in [1.82, 2.24) is 20.2 Å². The molecular weight excluding hydrogens is 417 g/mol. The number of aromatic nitrogens is 2. The number of rotatable bonds is 8. The lowest BCUT2D eigenvalue weighted by Gasteiger charge is -2.22. The van der Waals surface area contributed by atoms with Crippen LogP contribution in [0, 0.1) is 5.82 Å². The van der Waals surface area contributed by atoms with Crippen LogP contribution in [0.25, 0.3) is 5.57 Å². The van der Waals surface area contributed by atoms with E-state index in [0.29, 0.717) is 30.9 Å². The smallest absolute Gasteiger partial charge is 0.255 e. The van der Waals surface area contributed by atoms with Gasteiger partial charge in [-0.1, -0.05) is 24.3 Å². The molecule has 0 spiro atoms. The van der Waals surface area contributed by atoms with Crippen LogP contribution in [0.1, 0.15) is 33.6 Å². The van der Waals surface area contributed by atoms with Crippen molar-refractivity contribution in [1.29, 1.82) is 0 Å². The van der Waals surface area contributed by atoms with Gasteiger partial charge in [-0.2, -0.15) is 0 Å². The summed E-state index contributed by atoms with van der Waals surface area (Å²) in [5, 5.41) is 6.25. The highest BCUT2D eigenvalue weighted by molar-refractivity contribution is 5.99. The van der Waals surface area contributed by atoms with Crippen LogP contribution < -0.4 is 10.6 Å². The Morgan fingerprint density at radius 1 is 1.15 bits per heavy atom. The highest BCUT2D eigenvalue weighted by Crippen LogP contribution is 2.24. The minimum Gasteiger partial charge on any atom is -0.369 e. The second-order valence-electron chi connectivity index (χ2n) is 8.18. The average molecular weight is 446 g/mol. The van der Waals surface area contributed by atoms with Gasteiger partial charge in [-0.15, -0.1) is 0 Å². The first-order valence-electron chi connectivity index (χ1n) is 11.1. The van der Waals surface area contributed by atoms with Gasteiger partial charge in [0.1, 0.15) is 11.6 Å². The van der Waals surface area contributed by atoms with Crippen LogP contribution >= 0.6 is 0 Å². The maximum Gasteiger partial charge on any atom is 0.255 e. The zero-order chi connectivity index (χ0) is 23.0. The highest BCUT2D eigenvalue weighted by atomic mass is 19.1. The van der Waals surface area contributed by atoms with E-state index < -0.39 is 0 Å². The van der Waals surface area contributed by atoms with Crippen molar-refractivity contribution in [3.63, 3.8) is 0 Å². The Labute approximate surface area is 193 Å². The topological polar surface area (TPSA) is 70.2 Å². The molecule has 1 aliphatic rings. The molecule has 170 valence electrons. The third-order valence-corrected chi connectivity index (χ3v) is 5.65. The number of halogens is 1. The molecule has 0 bridgehead atoms. The molecule has 7 heteroatoms. The van der Waals surface area contributed by atoms with Crippen molar-refractivity contribution >= 4 is 17.3 Å². The van der Waals surface area contributed by atoms with E-state index in [4.69, 9.17) is 4.98 Å². The van der Waals surface area contributed by atoms with E-state index in [1.165, 1.54) is 17.7 Å². The van der Waals surface area contributed by atoms with Gasteiger partial charge in [0.15, 0.2) is 0 Å². The number of carbonyl (C=O) groups excluding carboxylic acids is 1. The van der Waals surface area contributed by atoms with Crippen LogP contribution in [0.15, 0.2) is 67.0 Å². The van der Waals surface area contributed by atoms with Crippen LogP contribution in [0.3, 0.4) is 0 Å². The third-order valence-electron chi connectivity index (χ3n) is 5.65. The second-order valence-corrected chi connectivity index (χ2v) is 8.18. The summed E-state index contributed by atoms with van der Waals surface area (Å²) >= 11 is 0. The van der Waals surface area contributed by atoms with E-state index in [1.807, 2.05) is 30.3 Å². The number of amides is 1. The molecule has 1 aliphatic heterocycles. The standard InChI is InChI=1S/C26H28FN5O/c1-32-14-10-21(11-15-32)24-8-7-23(26(33)30-18-20-5-3-12-28-17-20)25(31-24)29-13-9-19-4-2-6-22(27)16-19/h2-8,10,12,16-17H,9,11,13-15,18H2,1H3,(H,29,31)(H,30,33). The molecule has 0 fully saturated rings. The number of anilines is 1. The summed E-state index contributed by atoms with van der Waals surface area (Å²) < 4.78 is 13.5. The van der Waals surface area contributed by atoms with Crippen molar-refractivity contribution < 1.29 is 9.18 Å². The van der Waals surface area contributed by atoms with Gasteiger partial charge < -0.3 is 15.5 Å². The summed E-state index contributed by atoms with van der Waals surface area (Å²) in [6.07, 6.45) is 7.15. The predicted octanol–water partition coefficient (Wildman–Crippen LogP) is 3.92. The van der Waals surface area contributed by atoms with E-state index in [-0.39, 0.29) is 11.7 Å². The van der Waals surface area contributed by atoms with Gasteiger partial charge in [0.05, 0.1) is 11.3 Å². The fourth-order valence-electron chi connectivity index (χ4n) is 3.76. The molecule has 4 rings (SSSR count). The first-order chi connectivity index (χ1) is 16.1. The average Bonchev–Trinajstić information content (AvgIpc) is 2.84. The van der Waals surface area contributed by atoms with Crippen LogP contribution in [-0.4, -0.2) is 47.5 Å². The van der Waals surface area contributed by atoms with E-state index in [2.05, 4.69) is 33.6 Å². The Morgan fingerprint density at radius 2 is 2.03 bits per heavy atom. The highest BCUT2D eigenvalue weighted by Gasteiger charge is 2.17. The quantitative estimate of drug-likeness (QED) is 0.550. The summed E-state index contributed by atoms with van der Waals surface area (Å²) in [6.45, 7) is 2.77. The molecule has 0 unspecified atom stereocenters. The van der Waals surface area contributed by atoms with Crippen molar-refractivity contribution in [3.8, 4) is 0 Å².